The lowest BCUT2D eigenvalue weighted by molar-refractivity contribution is -0.124. The number of rotatable bonds is 6. The van der Waals surface area contributed by atoms with Gasteiger partial charge in [0.05, 0.1) is 4.90 Å². The maximum atomic E-state index is 12.1. The minimum absolute atomic E-state index is 0.184. The van der Waals surface area contributed by atoms with Crippen molar-refractivity contribution in [3.05, 3.63) is 24.3 Å². The van der Waals surface area contributed by atoms with Gasteiger partial charge >= 0.3 is 0 Å². The molecule has 1 aromatic rings. The molecule has 1 atom stereocenters. The van der Waals surface area contributed by atoms with Gasteiger partial charge < -0.3 is 10.1 Å². The highest BCUT2D eigenvalue weighted by molar-refractivity contribution is 7.89. The van der Waals surface area contributed by atoms with Crippen molar-refractivity contribution in [1.82, 2.24) is 4.72 Å². The molecule has 1 aromatic carbocycles. The second-order valence-electron chi connectivity index (χ2n) is 5.76. The van der Waals surface area contributed by atoms with E-state index >= 15 is 0 Å². The topological polar surface area (TPSA) is 84.5 Å². The van der Waals surface area contributed by atoms with Gasteiger partial charge in [-0.3, -0.25) is 4.79 Å². The van der Waals surface area contributed by atoms with Gasteiger partial charge in [0.15, 0.2) is 0 Å². The minimum Gasteiger partial charge on any atom is -0.368 e. The van der Waals surface area contributed by atoms with E-state index in [1.165, 1.54) is 12.1 Å². The monoisotopic (exact) mass is 326 g/mol. The fourth-order valence-corrected chi connectivity index (χ4v) is 3.30. The standard InChI is InChI=1S/C15H22N2O4S/c1-11(2)10-16-22(19,20)13-7-5-12(6-8-13)17-15(18)14-4-3-9-21-14/h5-8,11,14,16H,3-4,9-10H2,1-2H3,(H,17,18)/t14-/m0/s1. The van der Waals surface area contributed by atoms with E-state index in [-0.39, 0.29) is 16.7 Å². The van der Waals surface area contributed by atoms with Crippen LogP contribution in [0.3, 0.4) is 0 Å². The Kier molecular flexibility index (Phi) is 5.55. The van der Waals surface area contributed by atoms with Crippen LogP contribution in [0.2, 0.25) is 0 Å². The number of benzene rings is 1. The van der Waals surface area contributed by atoms with Crippen LogP contribution in [0.15, 0.2) is 29.2 Å². The molecule has 0 saturated carbocycles. The first-order valence-electron chi connectivity index (χ1n) is 7.40. The molecule has 0 unspecified atom stereocenters. The summed E-state index contributed by atoms with van der Waals surface area (Å²) in [6, 6.07) is 6.12. The van der Waals surface area contributed by atoms with E-state index in [4.69, 9.17) is 4.74 Å². The molecule has 1 aliphatic rings. The average Bonchev–Trinajstić information content (AvgIpc) is 3.00. The summed E-state index contributed by atoms with van der Waals surface area (Å²) in [6.45, 7) is 4.87. The first kappa shape index (κ1) is 16.9. The van der Waals surface area contributed by atoms with E-state index in [1.54, 1.807) is 12.1 Å². The summed E-state index contributed by atoms with van der Waals surface area (Å²) in [6.07, 6.45) is 1.20. The number of nitrogens with one attached hydrogen (secondary N) is 2. The van der Waals surface area contributed by atoms with Gasteiger partial charge in [0.25, 0.3) is 5.91 Å². The van der Waals surface area contributed by atoms with Crippen molar-refractivity contribution in [1.29, 1.82) is 0 Å². The molecule has 2 N–H and O–H groups in total. The largest absolute Gasteiger partial charge is 0.368 e. The molecule has 0 aromatic heterocycles. The Balaban J connectivity index is 1.99. The van der Waals surface area contributed by atoms with Crippen LogP contribution in [0, 0.1) is 5.92 Å². The highest BCUT2D eigenvalue weighted by atomic mass is 32.2. The van der Waals surface area contributed by atoms with Crippen LogP contribution in [0.25, 0.3) is 0 Å². The summed E-state index contributed by atoms with van der Waals surface area (Å²) in [5.41, 5.74) is 0.559. The molecule has 1 heterocycles. The molecular formula is C15H22N2O4S. The number of carbonyl (C=O) groups is 1. The maximum Gasteiger partial charge on any atom is 0.253 e. The molecule has 0 aliphatic carbocycles. The van der Waals surface area contributed by atoms with Crippen molar-refractivity contribution in [3.8, 4) is 0 Å². The van der Waals surface area contributed by atoms with Gasteiger partial charge in [-0.05, 0) is 43.0 Å². The number of hydrogen-bond donors (Lipinski definition) is 2. The predicted molar refractivity (Wildman–Crippen MR) is 84.1 cm³/mol. The molecule has 22 heavy (non-hydrogen) atoms. The Bertz CT molecular complexity index is 605. The molecule has 6 nitrogen and oxygen atoms in total. The van der Waals surface area contributed by atoms with E-state index in [0.717, 1.165) is 12.8 Å². The molecule has 0 bridgehead atoms. The van der Waals surface area contributed by atoms with Gasteiger partial charge in [0.2, 0.25) is 10.0 Å². The summed E-state index contributed by atoms with van der Waals surface area (Å²) in [7, 11) is -3.50. The number of anilines is 1. The van der Waals surface area contributed by atoms with Crippen LogP contribution in [-0.2, 0) is 19.6 Å². The third kappa shape index (κ3) is 4.53. The number of sulfonamides is 1. The van der Waals surface area contributed by atoms with Gasteiger partial charge in [0, 0.05) is 18.8 Å². The molecule has 1 saturated heterocycles. The van der Waals surface area contributed by atoms with E-state index in [0.29, 0.717) is 18.8 Å². The Morgan fingerprint density at radius 1 is 1.32 bits per heavy atom. The highest BCUT2D eigenvalue weighted by Gasteiger charge is 2.23. The van der Waals surface area contributed by atoms with E-state index < -0.39 is 16.1 Å². The SMILES string of the molecule is CC(C)CNS(=O)(=O)c1ccc(NC(=O)[C@@H]2CCCO2)cc1. The summed E-state index contributed by atoms with van der Waals surface area (Å²) >= 11 is 0. The molecule has 1 amide bonds. The van der Waals surface area contributed by atoms with Gasteiger partial charge in [0.1, 0.15) is 6.10 Å². The minimum atomic E-state index is -3.50. The van der Waals surface area contributed by atoms with Crippen LogP contribution >= 0.6 is 0 Å². The number of ether oxygens (including phenoxy) is 1. The van der Waals surface area contributed by atoms with Crippen LogP contribution < -0.4 is 10.0 Å². The summed E-state index contributed by atoms with van der Waals surface area (Å²) in [4.78, 5) is 12.1. The Hall–Kier alpha value is -1.44. The highest BCUT2D eigenvalue weighted by Crippen LogP contribution is 2.17. The van der Waals surface area contributed by atoms with Crippen LogP contribution in [0.1, 0.15) is 26.7 Å². The van der Waals surface area contributed by atoms with Crippen molar-refractivity contribution in [2.24, 2.45) is 5.92 Å². The molecule has 122 valence electrons. The number of hydrogen-bond acceptors (Lipinski definition) is 4. The second-order valence-corrected chi connectivity index (χ2v) is 7.53. The molecule has 1 aliphatic heterocycles. The second kappa shape index (κ2) is 7.21. The van der Waals surface area contributed by atoms with Crippen LogP contribution in [0.4, 0.5) is 5.69 Å². The van der Waals surface area contributed by atoms with Crippen LogP contribution in [0.5, 0.6) is 0 Å². The fourth-order valence-electron chi connectivity index (χ4n) is 2.08. The van der Waals surface area contributed by atoms with E-state index in [1.807, 2.05) is 13.8 Å². The smallest absolute Gasteiger partial charge is 0.253 e. The molecule has 0 radical (unpaired) electrons. The summed E-state index contributed by atoms with van der Waals surface area (Å²) < 4.78 is 32.0. The van der Waals surface area contributed by atoms with Crippen molar-refractivity contribution in [2.75, 3.05) is 18.5 Å². The van der Waals surface area contributed by atoms with Crippen molar-refractivity contribution in [3.63, 3.8) is 0 Å². The van der Waals surface area contributed by atoms with Crippen molar-refractivity contribution in [2.45, 2.75) is 37.7 Å². The third-order valence-electron chi connectivity index (χ3n) is 3.34. The Labute approximate surface area is 131 Å². The molecule has 1 fully saturated rings. The van der Waals surface area contributed by atoms with Crippen molar-refractivity contribution < 1.29 is 17.9 Å². The molecule has 7 heteroatoms. The van der Waals surface area contributed by atoms with E-state index in [2.05, 4.69) is 10.0 Å². The molecule has 2 rings (SSSR count). The lowest BCUT2D eigenvalue weighted by Crippen LogP contribution is -2.28. The normalized spacial score (nSPS) is 18.6. The van der Waals surface area contributed by atoms with Gasteiger partial charge in [-0.2, -0.15) is 0 Å². The first-order chi connectivity index (χ1) is 10.4. The van der Waals surface area contributed by atoms with Gasteiger partial charge in [-0.15, -0.1) is 0 Å². The third-order valence-corrected chi connectivity index (χ3v) is 4.78. The van der Waals surface area contributed by atoms with Gasteiger partial charge in [-0.25, -0.2) is 13.1 Å². The number of carbonyl (C=O) groups excluding carboxylic acids is 1. The zero-order valence-electron chi connectivity index (χ0n) is 12.8. The Morgan fingerprint density at radius 2 is 2.00 bits per heavy atom. The lowest BCUT2D eigenvalue weighted by atomic mass is 10.2. The number of amides is 1. The lowest BCUT2D eigenvalue weighted by Gasteiger charge is -2.12. The predicted octanol–water partition coefficient (Wildman–Crippen LogP) is 1.74. The zero-order chi connectivity index (χ0) is 16.2. The summed E-state index contributed by atoms with van der Waals surface area (Å²) in [5.74, 6) is 0.0470. The van der Waals surface area contributed by atoms with Gasteiger partial charge in [-0.1, -0.05) is 13.8 Å². The van der Waals surface area contributed by atoms with Crippen LogP contribution in [-0.4, -0.2) is 33.6 Å². The van der Waals surface area contributed by atoms with E-state index in [9.17, 15) is 13.2 Å². The molecular weight excluding hydrogens is 304 g/mol. The molecule has 0 spiro atoms. The fraction of sp³-hybridized carbons (Fsp3) is 0.533. The van der Waals surface area contributed by atoms with Crippen molar-refractivity contribution >= 4 is 21.6 Å². The Morgan fingerprint density at radius 3 is 2.55 bits per heavy atom. The maximum absolute atomic E-state index is 12.1. The average molecular weight is 326 g/mol. The zero-order valence-corrected chi connectivity index (χ0v) is 13.7. The first-order valence-corrected chi connectivity index (χ1v) is 8.89. The summed E-state index contributed by atoms with van der Waals surface area (Å²) in [5, 5.41) is 2.73. The quantitative estimate of drug-likeness (QED) is 0.834.